The van der Waals surface area contributed by atoms with E-state index >= 15 is 0 Å². The first kappa shape index (κ1) is 24.2. The molecule has 0 amide bonds. The minimum atomic E-state index is 1.00. The van der Waals surface area contributed by atoms with Gasteiger partial charge < -0.3 is 5.73 Å². The van der Waals surface area contributed by atoms with Crippen molar-refractivity contribution in [1.29, 1.82) is 0 Å². The maximum atomic E-state index is 5.72. The fourth-order valence-corrected chi connectivity index (χ4v) is 3.52. The molecule has 154 valence electrons. The van der Waals surface area contributed by atoms with E-state index < -0.39 is 0 Å². The molecular weight excluding hydrogens is 350 g/mol. The third kappa shape index (κ3) is 7.27. The molecule has 1 aromatic rings. The van der Waals surface area contributed by atoms with Crippen LogP contribution in [0.4, 0.5) is 0 Å². The highest BCUT2D eigenvalue weighted by atomic mass is 14.5. The molecule has 1 rings (SSSR count). The van der Waals surface area contributed by atoms with Crippen LogP contribution in [0, 0.1) is 0 Å². The summed E-state index contributed by atoms with van der Waals surface area (Å²) in [7, 11) is 0. The molecule has 0 unspecified atom stereocenters. The van der Waals surface area contributed by atoms with Crippen LogP contribution in [0.25, 0.3) is 17.7 Å². The summed E-state index contributed by atoms with van der Waals surface area (Å²) in [6.07, 6.45) is 17.2. The van der Waals surface area contributed by atoms with E-state index in [9.17, 15) is 0 Å². The number of rotatable bonds is 10. The summed E-state index contributed by atoms with van der Waals surface area (Å²) in [5, 5.41) is 0. The normalized spacial score (nSPS) is 13.8. The number of allylic oxidation sites excluding steroid dienone is 9. The molecule has 0 heterocycles. The Morgan fingerprint density at radius 1 is 1.10 bits per heavy atom. The van der Waals surface area contributed by atoms with Gasteiger partial charge in [0, 0.05) is 0 Å². The van der Waals surface area contributed by atoms with Crippen LogP contribution < -0.4 is 5.73 Å². The Kier molecular flexibility index (Phi) is 10.5. The Labute approximate surface area is 178 Å². The number of hydrogen-bond acceptors (Lipinski definition) is 1. The maximum Gasteiger partial charge on any atom is -0.00561 e. The minimum Gasteiger partial charge on any atom is -0.405 e. The standard InChI is InChI=1S/C28H37N/c1-8-12-21(5)19-22(6)13-14-25-15-16-27(20-26(25)17-18-29)28(11-4)23(7)24(9-2)10-3/h9,11,13-20H,4,6,8,10,12,29H2,1-3,5,7H3/b14-13-,18-17+,21-19+,24-9-,28-23+. The molecule has 0 saturated heterocycles. The van der Waals surface area contributed by atoms with Gasteiger partial charge in [-0.05, 0) is 90.9 Å². The zero-order valence-corrected chi connectivity index (χ0v) is 18.9. The predicted octanol–water partition coefficient (Wildman–Crippen LogP) is 8.25. The van der Waals surface area contributed by atoms with E-state index in [2.05, 4.69) is 90.3 Å². The van der Waals surface area contributed by atoms with Crippen molar-refractivity contribution in [3.63, 3.8) is 0 Å². The van der Waals surface area contributed by atoms with Crippen LogP contribution in [0.1, 0.15) is 70.6 Å². The third-order valence-electron chi connectivity index (χ3n) is 5.05. The Morgan fingerprint density at radius 3 is 2.38 bits per heavy atom. The SMILES string of the molecule is C=C/C(=C(C)\C(=C/C)CC)c1ccc(/C=C\C(=C)/C=C(\C)CCC)c(/C=C/N)c1. The molecule has 0 atom stereocenters. The van der Waals surface area contributed by atoms with Crippen molar-refractivity contribution in [1.82, 2.24) is 0 Å². The Bertz CT molecular complexity index is 870. The summed E-state index contributed by atoms with van der Waals surface area (Å²) in [5.74, 6) is 0. The molecule has 0 aliphatic carbocycles. The van der Waals surface area contributed by atoms with Crippen LogP contribution in [0.5, 0.6) is 0 Å². The molecule has 0 saturated carbocycles. The second-order valence-electron chi connectivity index (χ2n) is 7.26. The highest BCUT2D eigenvalue weighted by Crippen LogP contribution is 2.28. The molecule has 1 aromatic carbocycles. The summed E-state index contributed by atoms with van der Waals surface area (Å²) in [4.78, 5) is 0. The van der Waals surface area contributed by atoms with Crippen molar-refractivity contribution in [2.45, 2.75) is 53.9 Å². The Hall–Kier alpha value is -2.80. The van der Waals surface area contributed by atoms with Gasteiger partial charge in [-0.3, -0.25) is 0 Å². The summed E-state index contributed by atoms with van der Waals surface area (Å²) >= 11 is 0. The first-order valence-corrected chi connectivity index (χ1v) is 10.5. The average molecular weight is 388 g/mol. The minimum absolute atomic E-state index is 1.00. The quantitative estimate of drug-likeness (QED) is 0.402. The van der Waals surface area contributed by atoms with Gasteiger partial charge in [0.1, 0.15) is 0 Å². The lowest BCUT2D eigenvalue weighted by Gasteiger charge is -2.13. The molecule has 0 bridgehead atoms. The van der Waals surface area contributed by atoms with Crippen LogP contribution in [0.2, 0.25) is 0 Å². The summed E-state index contributed by atoms with van der Waals surface area (Å²) in [6.45, 7) is 19.0. The van der Waals surface area contributed by atoms with E-state index in [0.717, 1.165) is 47.1 Å². The van der Waals surface area contributed by atoms with Gasteiger partial charge in [0.15, 0.2) is 0 Å². The maximum absolute atomic E-state index is 5.72. The topological polar surface area (TPSA) is 26.0 Å². The van der Waals surface area contributed by atoms with Gasteiger partial charge in [-0.1, -0.05) is 81.5 Å². The molecule has 0 aliphatic heterocycles. The highest BCUT2D eigenvalue weighted by Gasteiger charge is 2.08. The zero-order valence-electron chi connectivity index (χ0n) is 18.9. The van der Waals surface area contributed by atoms with Crippen molar-refractivity contribution in [2.24, 2.45) is 5.73 Å². The van der Waals surface area contributed by atoms with Crippen LogP contribution >= 0.6 is 0 Å². The van der Waals surface area contributed by atoms with Gasteiger partial charge in [0.05, 0.1) is 0 Å². The average Bonchev–Trinajstić information content (AvgIpc) is 2.69. The summed E-state index contributed by atoms with van der Waals surface area (Å²) < 4.78 is 0. The highest BCUT2D eigenvalue weighted by molar-refractivity contribution is 5.81. The smallest absolute Gasteiger partial charge is 0.00561 e. The van der Waals surface area contributed by atoms with E-state index in [1.165, 1.54) is 16.7 Å². The second kappa shape index (κ2) is 12.6. The van der Waals surface area contributed by atoms with E-state index in [1.807, 2.05) is 12.2 Å². The van der Waals surface area contributed by atoms with Crippen molar-refractivity contribution in [3.8, 4) is 0 Å². The molecular formula is C28H37N. The van der Waals surface area contributed by atoms with E-state index in [4.69, 9.17) is 5.73 Å². The van der Waals surface area contributed by atoms with Gasteiger partial charge in [-0.25, -0.2) is 0 Å². The van der Waals surface area contributed by atoms with Gasteiger partial charge in [-0.15, -0.1) is 0 Å². The van der Waals surface area contributed by atoms with Gasteiger partial charge in [-0.2, -0.15) is 0 Å². The van der Waals surface area contributed by atoms with Crippen LogP contribution in [0.3, 0.4) is 0 Å². The largest absolute Gasteiger partial charge is 0.405 e. The van der Waals surface area contributed by atoms with Crippen molar-refractivity contribution >= 4 is 17.7 Å². The van der Waals surface area contributed by atoms with E-state index in [-0.39, 0.29) is 0 Å². The fraction of sp³-hybridized carbons (Fsp3) is 0.286. The van der Waals surface area contributed by atoms with Crippen LogP contribution in [-0.2, 0) is 0 Å². The summed E-state index contributed by atoms with van der Waals surface area (Å²) in [5.41, 5.74) is 15.2. The van der Waals surface area contributed by atoms with Gasteiger partial charge in [0.2, 0.25) is 0 Å². The lowest BCUT2D eigenvalue weighted by atomic mass is 9.92. The number of benzene rings is 1. The van der Waals surface area contributed by atoms with Gasteiger partial charge in [0.25, 0.3) is 0 Å². The van der Waals surface area contributed by atoms with Crippen molar-refractivity contribution < 1.29 is 0 Å². The Balaban J connectivity index is 3.34. The van der Waals surface area contributed by atoms with E-state index in [0.29, 0.717) is 0 Å². The Morgan fingerprint density at radius 2 is 1.83 bits per heavy atom. The molecule has 1 heteroatoms. The monoisotopic (exact) mass is 387 g/mol. The number of nitrogens with two attached hydrogens (primary N) is 1. The molecule has 29 heavy (non-hydrogen) atoms. The molecule has 0 fully saturated rings. The first-order chi connectivity index (χ1) is 13.9. The number of hydrogen-bond donors (Lipinski definition) is 1. The summed E-state index contributed by atoms with van der Waals surface area (Å²) in [6, 6.07) is 6.46. The van der Waals surface area contributed by atoms with Gasteiger partial charge >= 0.3 is 0 Å². The molecule has 1 nitrogen and oxygen atoms in total. The lowest BCUT2D eigenvalue weighted by Crippen LogP contribution is -1.93. The predicted molar refractivity (Wildman–Crippen MR) is 133 cm³/mol. The molecule has 0 spiro atoms. The molecule has 0 radical (unpaired) electrons. The second-order valence-corrected chi connectivity index (χ2v) is 7.26. The van der Waals surface area contributed by atoms with E-state index in [1.54, 1.807) is 6.20 Å². The molecule has 2 N–H and O–H groups in total. The molecule has 0 aromatic heterocycles. The molecule has 0 aliphatic rings. The lowest BCUT2D eigenvalue weighted by molar-refractivity contribution is 0.905. The van der Waals surface area contributed by atoms with Crippen LogP contribution in [-0.4, -0.2) is 0 Å². The third-order valence-corrected chi connectivity index (χ3v) is 5.05. The first-order valence-electron chi connectivity index (χ1n) is 10.5. The van der Waals surface area contributed by atoms with Crippen molar-refractivity contribution in [3.05, 3.63) is 101 Å². The van der Waals surface area contributed by atoms with Crippen LogP contribution in [0.15, 0.2) is 84.2 Å². The van der Waals surface area contributed by atoms with Crippen molar-refractivity contribution in [2.75, 3.05) is 0 Å². The zero-order chi connectivity index (χ0) is 21.8. The fourth-order valence-electron chi connectivity index (χ4n) is 3.52.